The van der Waals surface area contributed by atoms with Gasteiger partial charge in [-0.05, 0) is 24.5 Å². The van der Waals surface area contributed by atoms with Crippen LogP contribution in [0.25, 0.3) is 0 Å². The summed E-state index contributed by atoms with van der Waals surface area (Å²) in [7, 11) is 0. The normalized spacial score (nSPS) is 22.9. The summed E-state index contributed by atoms with van der Waals surface area (Å²) < 4.78 is 0. The molecule has 0 bridgehead atoms. The molecule has 0 aromatic rings. The van der Waals surface area contributed by atoms with E-state index in [-0.39, 0.29) is 5.91 Å². The average molecular weight is 197 g/mol. The first-order chi connectivity index (χ1) is 6.24. The van der Waals surface area contributed by atoms with Gasteiger partial charge in [-0.2, -0.15) is 11.8 Å². The second-order valence-electron chi connectivity index (χ2n) is 3.31. The zero-order valence-electron chi connectivity index (χ0n) is 8.17. The Morgan fingerprint density at radius 2 is 2.38 bits per heavy atom. The van der Waals surface area contributed by atoms with Crippen LogP contribution in [0, 0.1) is 17.8 Å². The minimum absolute atomic E-state index is 0.0168. The number of carbonyl (C=O) groups is 1. The molecule has 1 fully saturated rings. The van der Waals surface area contributed by atoms with E-state index < -0.39 is 0 Å². The number of carbonyl (C=O) groups excluding carboxylic acids is 1. The van der Waals surface area contributed by atoms with Crippen LogP contribution in [0.4, 0.5) is 0 Å². The molecular formula is C10H15NOS. The predicted octanol–water partition coefficient (Wildman–Crippen LogP) is 1.22. The lowest BCUT2D eigenvalue weighted by atomic mass is 10.2. The highest BCUT2D eigenvalue weighted by molar-refractivity contribution is 7.99. The Labute approximate surface area is 84.1 Å². The van der Waals surface area contributed by atoms with Crippen molar-refractivity contribution in [2.45, 2.75) is 13.8 Å². The summed E-state index contributed by atoms with van der Waals surface area (Å²) in [6, 6.07) is 0. The van der Waals surface area contributed by atoms with Gasteiger partial charge >= 0.3 is 0 Å². The van der Waals surface area contributed by atoms with Gasteiger partial charge in [0.15, 0.2) is 0 Å². The summed E-state index contributed by atoms with van der Waals surface area (Å²) in [5.41, 5.74) is 0. The fourth-order valence-electron chi connectivity index (χ4n) is 1.35. The molecule has 1 aliphatic rings. The lowest BCUT2D eigenvalue weighted by Crippen LogP contribution is -2.34. The second kappa shape index (κ2) is 5.18. The molecule has 1 unspecified atom stereocenters. The van der Waals surface area contributed by atoms with Crippen LogP contribution in [0.15, 0.2) is 0 Å². The fraction of sp³-hybridized carbons (Fsp3) is 0.700. The van der Waals surface area contributed by atoms with Crippen LogP contribution in [0.1, 0.15) is 13.8 Å². The van der Waals surface area contributed by atoms with Gasteiger partial charge in [-0.15, -0.1) is 0 Å². The summed E-state index contributed by atoms with van der Waals surface area (Å²) in [5.74, 6) is 8.02. The number of nitrogens with zero attached hydrogens (tertiary/aromatic N) is 1. The number of rotatable bonds is 0. The molecule has 72 valence electrons. The van der Waals surface area contributed by atoms with Crippen LogP contribution in [-0.4, -0.2) is 35.4 Å². The summed E-state index contributed by atoms with van der Waals surface area (Å²) in [4.78, 5) is 13.3. The first-order valence-electron chi connectivity index (χ1n) is 4.53. The van der Waals surface area contributed by atoms with Gasteiger partial charge in [0, 0.05) is 18.8 Å². The minimum atomic E-state index is -0.0168. The van der Waals surface area contributed by atoms with Crippen molar-refractivity contribution in [3.63, 3.8) is 0 Å². The van der Waals surface area contributed by atoms with Crippen LogP contribution in [0.5, 0.6) is 0 Å². The first-order valence-corrected chi connectivity index (χ1v) is 5.69. The van der Waals surface area contributed by atoms with E-state index in [1.54, 1.807) is 6.92 Å². The zero-order valence-corrected chi connectivity index (χ0v) is 8.99. The maximum Gasteiger partial charge on any atom is 0.298 e. The Morgan fingerprint density at radius 1 is 1.62 bits per heavy atom. The van der Waals surface area contributed by atoms with Gasteiger partial charge in [-0.1, -0.05) is 12.8 Å². The van der Waals surface area contributed by atoms with Gasteiger partial charge in [-0.25, -0.2) is 0 Å². The summed E-state index contributed by atoms with van der Waals surface area (Å²) in [6.07, 6.45) is 0. The van der Waals surface area contributed by atoms with E-state index in [0.29, 0.717) is 5.92 Å². The predicted molar refractivity (Wildman–Crippen MR) is 56.5 cm³/mol. The highest BCUT2D eigenvalue weighted by Gasteiger charge is 2.17. The Balaban J connectivity index is 2.55. The molecule has 0 N–H and O–H groups in total. The third-order valence-electron chi connectivity index (χ3n) is 1.96. The van der Waals surface area contributed by atoms with Gasteiger partial charge in [0.1, 0.15) is 0 Å². The van der Waals surface area contributed by atoms with Crippen molar-refractivity contribution in [3.8, 4) is 11.8 Å². The molecule has 1 amide bonds. The van der Waals surface area contributed by atoms with Crippen molar-refractivity contribution in [3.05, 3.63) is 0 Å². The Bertz CT molecular complexity index is 241. The van der Waals surface area contributed by atoms with Crippen molar-refractivity contribution < 1.29 is 4.79 Å². The lowest BCUT2D eigenvalue weighted by molar-refractivity contribution is -0.125. The van der Waals surface area contributed by atoms with E-state index in [9.17, 15) is 4.79 Å². The lowest BCUT2D eigenvalue weighted by Gasteiger charge is -2.19. The van der Waals surface area contributed by atoms with Crippen molar-refractivity contribution in [2.24, 2.45) is 5.92 Å². The molecule has 3 heteroatoms. The van der Waals surface area contributed by atoms with E-state index in [1.807, 2.05) is 16.7 Å². The molecule has 1 aliphatic heterocycles. The van der Waals surface area contributed by atoms with E-state index >= 15 is 0 Å². The maximum atomic E-state index is 11.4. The third-order valence-corrected chi connectivity index (χ3v) is 3.24. The van der Waals surface area contributed by atoms with Crippen LogP contribution in [-0.2, 0) is 4.79 Å². The van der Waals surface area contributed by atoms with E-state index in [0.717, 1.165) is 24.6 Å². The highest BCUT2D eigenvalue weighted by Crippen LogP contribution is 2.14. The van der Waals surface area contributed by atoms with Gasteiger partial charge in [0.05, 0.1) is 0 Å². The van der Waals surface area contributed by atoms with Gasteiger partial charge in [-0.3, -0.25) is 4.79 Å². The Hall–Kier alpha value is -0.620. The van der Waals surface area contributed by atoms with Gasteiger partial charge in [0.25, 0.3) is 5.91 Å². The molecule has 2 nitrogen and oxygen atoms in total. The zero-order chi connectivity index (χ0) is 9.68. The van der Waals surface area contributed by atoms with E-state index in [4.69, 9.17) is 0 Å². The van der Waals surface area contributed by atoms with Crippen LogP contribution in [0.3, 0.4) is 0 Å². The van der Waals surface area contributed by atoms with Crippen molar-refractivity contribution >= 4 is 17.7 Å². The maximum absolute atomic E-state index is 11.4. The average Bonchev–Trinajstić information content (AvgIpc) is 2.30. The largest absolute Gasteiger partial charge is 0.331 e. The van der Waals surface area contributed by atoms with Crippen LogP contribution < -0.4 is 0 Å². The third kappa shape index (κ3) is 3.31. The highest BCUT2D eigenvalue weighted by atomic mass is 32.2. The monoisotopic (exact) mass is 197 g/mol. The van der Waals surface area contributed by atoms with Crippen LogP contribution >= 0.6 is 11.8 Å². The topological polar surface area (TPSA) is 20.3 Å². The van der Waals surface area contributed by atoms with Crippen molar-refractivity contribution in [2.75, 3.05) is 24.6 Å². The van der Waals surface area contributed by atoms with Crippen molar-refractivity contribution in [1.82, 2.24) is 4.90 Å². The molecule has 1 atom stereocenters. The molecule has 0 radical (unpaired) electrons. The first kappa shape index (κ1) is 10.5. The summed E-state index contributed by atoms with van der Waals surface area (Å²) >= 11 is 1.92. The number of hydrogen-bond donors (Lipinski definition) is 0. The molecule has 0 aromatic carbocycles. The van der Waals surface area contributed by atoms with Crippen LogP contribution in [0.2, 0.25) is 0 Å². The summed E-state index contributed by atoms with van der Waals surface area (Å²) in [6.45, 7) is 5.59. The summed E-state index contributed by atoms with van der Waals surface area (Å²) in [5, 5.41) is 0. The number of hydrogen-bond acceptors (Lipinski definition) is 2. The molecule has 1 heterocycles. The molecule has 0 saturated carbocycles. The molecule has 13 heavy (non-hydrogen) atoms. The molecule has 0 spiro atoms. The Kier molecular flexibility index (Phi) is 4.17. The molecule has 0 aliphatic carbocycles. The molecule has 0 aromatic heterocycles. The molecule has 1 saturated heterocycles. The fourth-order valence-corrected chi connectivity index (χ4v) is 2.37. The smallest absolute Gasteiger partial charge is 0.298 e. The van der Waals surface area contributed by atoms with Gasteiger partial charge < -0.3 is 4.90 Å². The van der Waals surface area contributed by atoms with Gasteiger partial charge in [0.2, 0.25) is 0 Å². The number of amides is 1. The standard InChI is InChI=1S/C10H15NOS/c1-3-4-10(12)11-5-6-13-8-9(2)7-11/h9H,5-8H2,1-2H3. The Morgan fingerprint density at radius 3 is 3.08 bits per heavy atom. The molecular weight excluding hydrogens is 182 g/mol. The number of thioether (sulfide) groups is 1. The second-order valence-corrected chi connectivity index (χ2v) is 4.46. The minimum Gasteiger partial charge on any atom is -0.331 e. The SMILES string of the molecule is CC#CC(=O)N1CCSCC(C)C1. The molecule has 1 rings (SSSR count). The quantitative estimate of drug-likeness (QED) is 0.544. The van der Waals surface area contributed by atoms with E-state index in [2.05, 4.69) is 18.8 Å². The van der Waals surface area contributed by atoms with Crippen molar-refractivity contribution in [1.29, 1.82) is 0 Å². The van der Waals surface area contributed by atoms with E-state index in [1.165, 1.54) is 0 Å².